The van der Waals surface area contributed by atoms with Gasteiger partial charge in [-0.1, -0.05) is 30.3 Å². The Morgan fingerprint density at radius 1 is 0.960 bits per heavy atom. The number of benzene rings is 2. The SMILES string of the molecule is CCOC(=O)c1ccc(NC(=O)C(=O)NC(C)c2ccccc2)cc1. The van der Waals surface area contributed by atoms with Gasteiger partial charge < -0.3 is 15.4 Å². The minimum absolute atomic E-state index is 0.286. The molecule has 6 nitrogen and oxygen atoms in total. The Hall–Kier alpha value is -3.15. The first-order valence-electron chi connectivity index (χ1n) is 7.95. The van der Waals surface area contributed by atoms with E-state index in [0.29, 0.717) is 11.3 Å². The summed E-state index contributed by atoms with van der Waals surface area (Å²) in [6.07, 6.45) is 0. The number of ether oxygens (including phenoxy) is 1. The molecule has 2 aromatic carbocycles. The Bertz CT molecular complexity index is 742. The number of rotatable bonds is 5. The van der Waals surface area contributed by atoms with Crippen LogP contribution >= 0.6 is 0 Å². The normalized spacial score (nSPS) is 11.3. The summed E-state index contributed by atoms with van der Waals surface area (Å²) in [6.45, 7) is 3.81. The van der Waals surface area contributed by atoms with Crippen molar-refractivity contribution in [1.29, 1.82) is 0 Å². The molecule has 130 valence electrons. The van der Waals surface area contributed by atoms with Gasteiger partial charge in [0.05, 0.1) is 18.2 Å². The highest BCUT2D eigenvalue weighted by atomic mass is 16.5. The summed E-state index contributed by atoms with van der Waals surface area (Å²) < 4.78 is 4.88. The summed E-state index contributed by atoms with van der Waals surface area (Å²) in [5.41, 5.74) is 1.70. The molecule has 0 aliphatic carbocycles. The molecule has 0 aliphatic heterocycles. The first-order valence-corrected chi connectivity index (χ1v) is 7.95. The summed E-state index contributed by atoms with van der Waals surface area (Å²) in [7, 11) is 0. The van der Waals surface area contributed by atoms with Gasteiger partial charge in [0.2, 0.25) is 0 Å². The number of esters is 1. The van der Waals surface area contributed by atoms with Crippen LogP contribution in [0.1, 0.15) is 35.8 Å². The molecule has 0 bridgehead atoms. The Labute approximate surface area is 146 Å². The monoisotopic (exact) mass is 340 g/mol. The molecule has 0 saturated heterocycles. The van der Waals surface area contributed by atoms with Crippen molar-refractivity contribution in [2.45, 2.75) is 19.9 Å². The van der Waals surface area contributed by atoms with Gasteiger partial charge in [-0.2, -0.15) is 0 Å². The molecular formula is C19H20N2O4. The molecule has 2 N–H and O–H groups in total. The molecule has 0 aromatic heterocycles. The first-order chi connectivity index (χ1) is 12.0. The predicted octanol–water partition coefficient (Wildman–Crippen LogP) is 2.68. The molecule has 0 saturated carbocycles. The van der Waals surface area contributed by atoms with Crippen LogP contribution in [0.25, 0.3) is 0 Å². The van der Waals surface area contributed by atoms with Crippen LogP contribution in [0.2, 0.25) is 0 Å². The van der Waals surface area contributed by atoms with E-state index < -0.39 is 17.8 Å². The van der Waals surface area contributed by atoms with Crippen LogP contribution in [0.4, 0.5) is 5.69 Å². The standard InChI is InChI=1S/C19H20N2O4/c1-3-25-19(24)15-9-11-16(12-10-15)21-18(23)17(22)20-13(2)14-7-5-4-6-8-14/h4-13H,3H2,1-2H3,(H,20,22)(H,21,23). The average molecular weight is 340 g/mol. The summed E-state index contributed by atoms with van der Waals surface area (Å²) in [6, 6.07) is 15.2. The third-order valence-corrected chi connectivity index (χ3v) is 3.51. The molecular weight excluding hydrogens is 320 g/mol. The van der Waals surface area contributed by atoms with E-state index in [4.69, 9.17) is 4.74 Å². The number of carbonyl (C=O) groups is 3. The molecule has 0 fully saturated rings. The van der Waals surface area contributed by atoms with E-state index in [1.54, 1.807) is 13.8 Å². The maximum Gasteiger partial charge on any atom is 0.338 e. The zero-order valence-electron chi connectivity index (χ0n) is 14.1. The lowest BCUT2D eigenvalue weighted by molar-refractivity contribution is -0.136. The Balaban J connectivity index is 1.92. The van der Waals surface area contributed by atoms with Gasteiger partial charge in [0, 0.05) is 5.69 Å². The lowest BCUT2D eigenvalue weighted by Gasteiger charge is -2.14. The van der Waals surface area contributed by atoms with Crippen molar-refractivity contribution >= 4 is 23.5 Å². The second-order valence-corrected chi connectivity index (χ2v) is 5.36. The fourth-order valence-corrected chi connectivity index (χ4v) is 2.18. The third-order valence-electron chi connectivity index (χ3n) is 3.51. The predicted molar refractivity (Wildman–Crippen MR) is 94.0 cm³/mol. The number of amides is 2. The highest BCUT2D eigenvalue weighted by Crippen LogP contribution is 2.12. The summed E-state index contributed by atoms with van der Waals surface area (Å²) in [5, 5.41) is 5.13. The number of anilines is 1. The van der Waals surface area contributed by atoms with Crippen molar-refractivity contribution in [3.05, 3.63) is 65.7 Å². The highest BCUT2D eigenvalue weighted by molar-refractivity contribution is 6.39. The van der Waals surface area contributed by atoms with E-state index in [1.807, 2.05) is 30.3 Å². The molecule has 0 heterocycles. The molecule has 2 amide bonds. The molecule has 25 heavy (non-hydrogen) atoms. The maximum absolute atomic E-state index is 12.0. The average Bonchev–Trinajstić information content (AvgIpc) is 2.63. The number of hydrogen-bond acceptors (Lipinski definition) is 4. The van der Waals surface area contributed by atoms with E-state index in [0.717, 1.165) is 5.56 Å². The second-order valence-electron chi connectivity index (χ2n) is 5.36. The minimum atomic E-state index is -0.772. The van der Waals surface area contributed by atoms with Crippen molar-refractivity contribution in [2.75, 3.05) is 11.9 Å². The van der Waals surface area contributed by atoms with Gasteiger partial charge >= 0.3 is 17.8 Å². The first kappa shape index (κ1) is 18.2. The van der Waals surface area contributed by atoms with E-state index >= 15 is 0 Å². The fraction of sp³-hybridized carbons (Fsp3) is 0.211. The quantitative estimate of drug-likeness (QED) is 0.647. The number of carbonyl (C=O) groups excluding carboxylic acids is 3. The fourth-order valence-electron chi connectivity index (χ4n) is 2.18. The van der Waals surface area contributed by atoms with E-state index in [2.05, 4.69) is 10.6 Å². The minimum Gasteiger partial charge on any atom is -0.462 e. The summed E-state index contributed by atoms with van der Waals surface area (Å²) in [5.74, 6) is -1.94. The van der Waals surface area contributed by atoms with Gasteiger partial charge in [0.15, 0.2) is 0 Å². The van der Waals surface area contributed by atoms with Crippen molar-refractivity contribution in [3.63, 3.8) is 0 Å². The zero-order chi connectivity index (χ0) is 18.2. The molecule has 2 aromatic rings. The van der Waals surface area contributed by atoms with Gasteiger partial charge in [0.25, 0.3) is 0 Å². The van der Waals surface area contributed by atoms with Crippen LogP contribution < -0.4 is 10.6 Å². The van der Waals surface area contributed by atoms with Crippen LogP contribution in [0.15, 0.2) is 54.6 Å². The van der Waals surface area contributed by atoms with Gasteiger partial charge in [-0.05, 0) is 43.7 Å². The summed E-state index contributed by atoms with van der Waals surface area (Å²) in [4.78, 5) is 35.5. The van der Waals surface area contributed by atoms with Crippen molar-refractivity contribution in [1.82, 2.24) is 5.32 Å². The topological polar surface area (TPSA) is 84.5 Å². The van der Waals surface area contributed by atoms with Crippen molar-refractivity contribution in [3.8, 4) is 0 Å². The van der Waals surface area contributed by atoms with E-state index in [-0.39, 0.29) is 12.6 Å². The number of hydrogen-bond donors (Lipinski definition) is 2. The zero-order valence-corrected chi connectivity index (χ0v) is 14.1. The maximum atomic E-state index is 12.0. The lowest BCUT2D eigenvalue weighted by Crippen LogP contribution is -2.36. The third kappa shape index (κ3) is 5.17. The highest BCUT2D eigenvalue weighted by Gasteiger charge is 2.17. The molecule has 6 heteroatoms. The van der Waals surface area contributed by atoms with Crippen LogP contribution in [-0.4, -0.2) is 24.4 Å². The Kier molecular flexibility index (Phi) is 6.28. The Morgan fingerprint density at radius 2 is 1.60 bits per heavy atom. The molecule has 1 atom stereocenters. The largest absolute Gasteiger partial charge is 0.462 e. The van der Waals surface area contributed by atoms with Crippen molar-refractivity contribution < 1.29 is 19.1 Å². The van der Waals surface area contributed by atoms with Gasteiger partial charge in [-0.3, -0.25) is 9.59 Å². The number of nitrogens with one attached hydrogen (secondary N) is 2. The van der Waals surface area contributed by atoms with Gasteiger partial charge in [0.1, 0.15) is 0 Å². The van der Waals surface area contributed by atoms with Crippen molar-refractivity contribution in [2.24, 2.45) is 0 Å². The van der Waals surface area contributed by atoms with Crippen LogP contribution in [-0.2, 0) is 14.3 Å². The molecule has 0 radical (unpaired) electrons. The van der Waals surface area contributed by atoms with Gasteiger partial charge in [-0.25, -0.2) is 4.79 Å². The second kappa shape index (κ2) is 8.63. The molecule has 2 rings (SSSR count). The smallest absolute Gasteiger partial charge is 0.338 e. The van der Waals surface area contributed by atoms with Gasteiger partial charge in [-0.15, -0.1) is 0 Å². The Morgan fingerprint density at radius 3 is 2.20 bits per heavy atom. The van der Waals surface area contributed by atoms with Crippen LogP contribution in [0.5, 0.6) is 0 Å². The van der Waals surface area contributed by atoms with E-state index in [1.165, 1.54) is 24.3 Å². The molecule has 0 aliphatic rings. The molecule has 1 unspecified atom stereocenters. The summed E-state index contributed by atoms with van der Waals surface area (Å²) >= 11 is 0. The molecule has 0 spiro atoms. The van der Waals surface area contributed by atoms with Crippen LogP contribution in [0, 0.1) is 0 Å². The lowest BCUT2D eigenvalue weighted by atomic mass is 10.1. The van der Waals surface area contributed by atoms with Crippen LogP contribution in [0.3, 0.4) is 0 Å². The van der Waals surface area contributed by atoms with E-state index in [9.17, 15) is 14.4 Å².